The minimum Gasteiger partial charge on any atom is -0.387 e. The van der Waals surface area contributed by atoms with E-state index in [0.29, 0.717) is 23.7 Å². The van der Waals surface area contributed by atoms with Gasteiger partial charge in [-0.1, -0.05) is 489 Å². The number of ether oxygens (including phenoxy) is 3. The molecule has 2 rings (SSSR count). The second kappa shape index (κ2) is 69.7. The lowest BCUT2D eigenvalue weighted by Crippen LogP contribution is -2.58. The van der Waals surface area contributed by atoms with Crippen LogP contribution in [0.2, 0.25) is 0 Å². The number of unbranched alkanes of at least 4 members (excludes halogenated alkanes) is 26. The first-order valence-electron chi connectivity index (χ1n) is 53.9. The molecule has 0 saturated carbocycles. The number of hydrogen-bond acceptors (Lipinski definition) is 4. The molecule has 4 heteroatoms. The fraction of sp³-hybridized carbons (Fsp3) is 0.982. The lowest BCUT2D eigenvalue weighted by molar-refractivity contribution is -0.278. The Hall–Kier alpha value is -0.420. The third kappa shape index (κ3) is 58.7. The van der Waals surface area contributed by atoms with Gasteiger partial charge in [-0.2, -0.15) is 0 Å². The molecule has 0 aromatic carbocycles. The zero-order valence-electron chi connectivity index (χ0n) is 83.9. The highest BCUT2D eigenvalue weighted by Gasteiger charge is 2.53. The van der Waals surface area contributed by atoms with Crippen LogP contribution < -0.4 is 0 Å². The van der Waals surface area contributed by atoms with Gasteiger partial charge >= 0.3 is 0 Å². The van der Waals surface area contributed by atoms with Crippen LogP contribution in [0.4, 0.5) is 0 Å². The average Bonchev–Trinajstić information content (AvgIpc) is 1.24. The van der Waals surface area contributed by atoms with Gasteiger partial charge in [-0.3, -0.25) is 0 Å². The first-order valence-corrected chi connectivity index (χ1v) is 53.9. The Labute approximate surface area is 733 Å². The van der Waals surface area contributed by atoms with Crippen molar-refractivity contribution in [1.82, 2.24) is 0 Å². The van der Waals surface area contributed by atoms with E-state index in [0.717, 1.165) is 111 Å². The summed E-state index contributed by atoms with van der Waals surface area (Å²) in [6.07, 6.45) is 96.3. The Bertz CT molecular complexity index is 2160. The van der Waals surface area contributed by atoms with E-state index in [1.54, 1.807) is 0 Å². The van der Waals surface area contributed by atoms with Crippen LogP contribution in [0, 0.1) is 76.9 Å². The van der Waals surface area contributed by atoms with Crippen LogP contribution in [-0.2, 0) is 14.2 Å². The Morgan fingerprint density at radius 3 is 0.888 bits per heavy atom. The van der Waals surface area contributed by atoms with Gasteiger partial charge in [-0.05, 0) is 188 Å². The molecule has 0 aromatic heterocycles. The van der Waals surface area contributed by atoms with Crippen LogP contribution in [0.25, 0.3) is 0 Å². The van der Waals surface area contributed by atoms with Crippen LogP contribution in [0.3, 0.4) is 0 Å². The van der Waals surface area contributed by atoms with E-state index in [4.69, 9.17) is 14.2 Å². The highest BCUT2D eigenvalue weighted by molar-refractivity contribution is 5.02. The van der Waals surface area contributed by atoms with Crippen LogP contribution in [0.5, 0.6) is 0 Å². The molecular formula is C112H220O4. The molecule has 0 aliphatic carbocycles. The summed E-state index contributed by atoms with van der Waals surface area (Å²) in [5.41, 5.74) is -1.99. The van der Waals surface area contributed by atoms with Gasteiger partial charge in [0.15, 0.2) is 0 Å². The van der Waals surface area contributed by atoms with Crippen LogP contribution >= 0.6 is 0 Å². The van der Waals surface area contributed by atoms with Gasteiger partial charge in [0, 0.05) is 0 Å². The smallest absolute Gasteiger partial charge is 0.0923 e. The Balaban J connectivity index is 2.30. The monoisotopic (exact) mass is 1630 g/mol. The predicted molar refractivity (Wildman–Crippen MR) is 520 cm³/mol. The van der Waals surface area contributed by atoms with E-state index in [9.17, 15) is 5.11 Å². The van der Waals surface area contributed by atoms with Crippen molar-refractivity contribution in [3.8, 4) is 0 Å². The minimum atomic E-state index is -0.860. The van der Waals surface area contributed by atoms with Gasteiger partial charge in [-0.15, -0.1) is 0 Å². The highest BCUT2D eigenvalue weighted by Crippen LogP contribution is 2.49. The van der Waals surface area contributed by atoms with Crippen LogP contribution in [-0.4, -0.2) is 45.8 Å². The fourth-order valence-corrected chi connectivity index (χ4v) is 21.3. The molecule has 4 nitrogen and oxygen atoms in total. The second-order valence-corrected chi connectivity index (χ2v) is 45.1. The maximum Gasteiger partial charge on any atom is 0.0923 e. The molecule has 0 bridgehead atoms. The van der Waals surface area contributed by atoms with Crippen molar-refractivity contribution in [2.75, 3.05) is 0 Å². The van der Waals surface area contributed by atoms with E-state index in [-0.39, 0.29) is 23.9 Å². The standard InChI is InChI=1S/C112H220O4/c1-22-23-24-25-26-27-28-29-30-31-32-33-34-35-36-37-38-39-40-41-42-43-44-45-46-47-48-49-50-51-84-105-85-86-108(115-110(105,19)90-61-81-102(15)77-57-73-98(11)69-53-65-94(4)5)112(21,92-63-83-104(17)79-59-75-100(13)71-55-67-96(8)9)116-111(20,91-62-82-103(16)78-58-74-99(12)70-54-66-95(6)7)107-88-87-106(114-107)109(18,113)89-60-80-101(14)76-56-72-97(10)68-52-64-93(2)3/h29-30,93-108,113H,22-28,31-92H2,1-21H3/b30-29-/t97?,98?,99?,100?,101?,102?,103?,104?,105-,106-,107-,108+,109?,110+,111?,112-/m1/s1. The maximum atomic E-state index is 12.6. The number of allylic oxidation sites excluding steroid dienone is 2. The van der Waals surface area contributed by atoms with E-state index < -0.39 is 16.8 Å². The molecule has 2 saturated heterocycles. The SMILES string of the molecule is CCCCCCCC/C=C\CCCCCCCCCCCCCCCCCCCCCC[C@@H]1CC[C@@H]([C@@](C)(CCCC(C)CCCC(C)CCCC(C)C)OC(C)(CCCC(C)CCCC(C)CCCC(C)C)[C@H]2CC[C@H](C(C)(O)CCCC(C)CCCC(C)CCCC(C)C)O2)O[C@@]1(C)CCCC(C)CCCC(C)CCCC(C)C. The zero-order chi connectivity index (χ0) is 85.6. The van der Waals surface area contributed by atoms with Crippen LogP contribution in [0.15, 0.2) is 12.2 Å². The molecule has 692 valence electrons. The highest BCUT2D eigenvalue weighted by atomic mass is 16.6. The Morgan fingerprint density at radius 2 is 0.560 bits per heavy atom. The van der Waals surface area contributed by atoms with E-state index in [2.05, 4.69) is 158 Å². The molecule has 0 radical (unpaired) electrons. The molecule has 0 aromatic rings. The van der Waals surface area contributed by atoms with E-state index in [1.807, 2.05) is 0 Å². The summed E-state index contributed by atoms with van der Waals surface area (Å²) in [4.78, 5) is 0. The summed E-state index contributed by atoms with van der Waals surface area (Å²) in [5, 5.41) is 12.6. The Morgan fingerprint density at radius 1 is 0.302 bits per heavy atom. The topological polar surface area (TPSA) is 47.9 Å². The summed E-state index contributed by atoms with van der Waals surface area (Å²) in [5.74, 6) is 10.0. The number of aliphatic hydroxyl groups is 1. The third-order valence-corrected chi connectivity index (χ3v) is 30.1. The molecule has 1 N–H and O–H groups in total. The van der Waals surface area contributed by atoms with Gasteiger partial charge < -0.3 is 19.3 Å². The molecule has 16 atom stereocenters. The fourth-order valence-electron chi connectivity index (χ4n) is 21.3. The van der Waals surface area contributed by atoms with Gasteiger partial charge in [0.2, 0.25) is 0 Å². The van der Waals surface area contributed by atoms with Crippen molar-refractivity contribution in [3.63, 3.8) is 0 Å². The normalized spacial score (nSPS) is 21.4. The molecule has 2 heterocycles. The van der Waals surface area contributed by atoms with Gasteiger partial charge in [0.25, 0.3) is 0 Å². The van der Waals surface area contributed by atoms with Crippen molar-refractivity contribution < 1.29 is 19.3 Å². The molecule has 2 aliphatic rings. The first kappa shape index (κ1) is 112. The summed E-state index contributed by atoms with van der Waals surface area (Å²) < 4.78 is 24.0. The minimum absolute atomic E-state index is 0.0357. The number of hydrogen-bond donors (Lipinski definition) is 1. The van der Waals surface area contributed by atoms with E-state index in [1.165, 1.54) is 385 Å². The first-order chi connectivity index (χ1) is 55.5. The second-order valence-electron chi connectivity index (χ2n) is 45.1. The third-order valence-electron chi connectivity index (χ3n) is 30.1. The van der Waals surface area contributed by atoms with Crippen molar-refractivity contribution in [2.24, 2.45) is 76.9 Å². The molecule has 116 heavy (non-hydrogen) atoms. The predicted octanol–water partition coefficient (Wildman–Crippen LogP) is 38.0. The van der Waals surface area contributed by atoms with Gasteiger partial charge in [0.05, 0.1) is 40.7 Å². The molecular weight excluding hydrogens is 1410 g/mol. The maximum absolute atomic E-state index is 12.6. The summed E-state index contributed by atoms with van der Waals surface area (Å²) in [7, 11) is 0. The van der Waals surface area contributed by atoms with Gasteiger partial charge in [0.1, 0.15) is 0 Å². The lowest BCUT2D eigenvalue weighted by atomic mass is 9.72. The summed E-state index contributed by atoms with van der Waals surface area (Å²) >= 11 is 0. The Kier molecular flexibility index (Phi) is 67.1. The lowest BCUT2D eigenvalue weighted by Gasteiger charge is -2.53. The summed E-state index contributed by atoms with van der Waals surface area (Å²) in [6.45, 7) is 51.3. The molecule has 10 unspecified atom stereocenters. The molecule has 0 spiro atoms. The van der Waals surface area contributed by atoms with Crippen molar-refractivity contribution in [3.05, 3.63) is 12.2 Å². The summed E-state index contributed by atoms with van der Waals surface area (Å²) in [6, 6.07) is 0. The van der Waals surface area contributed by atoms with Crippen molar-refractivity contribution in [1.29, 1.82) is 0 Å². The van der Waals surface area contributed by atoms with Crippen molar-refractivity contribution >= 4 is 0 Å². The molecule has 2 fully saturated rings. The number of rotatable bonds is 83. The van der Waals surface area contributed by atoms with E-state index >= 15 is 0 Å². The molecule has 0 amide bonds. The quantitative estimate of drug-likeness (QED) is 0.0487. The zero-order valence-corrected chi connectivity index (χ0v) is 83.9. The average molecular weight is 1630 g/mol. The van der Waals surface area contributed by atoms with Gasteiger partial charge in [-0.25, -0.2) is 0 Å². The molecule has 2 aliphatic heterocycles. The largest absolute Gasteiger partial charge is 0.387 e. The van der Waals surface area contributed by atoms with Crippen molar-refractivity contribution in [2.45, 2.75) is 629 Å². The van der Waals surface area contributed by atoms with Crippen LogP contribution in [0.1, 0.15) is 588 Å².